The molecule has 0 saturated carbocycles. The highest BCUT2D eigenvalue weighted by Gasteiger charge is 2.26. The number of rotatable bonds is 4. The molecule has 1 aliphatic heterocycles. The van der Waals surface area contributed by atoms with Gasteiger partial charge in [-0.15, -0.1) is 0 Å². The second-order valence-electron chi connectivity index (χ2n) is 7.23. The quantitative estimate of drug-likeness (QED) is 0.738. The zero-order valence-electron chi connectivity index (χ0n) is 16.4. The molecule has 3 heterocycles. The molecular formula is C22H22FN5O. The Kier molecular flexibility index (Phi) is 4.96. The van der Waals surface area contributed by atoms with Crippen LogP contribution in [0, 0.1) is 12.7 Å². The monoisotopic (exact) mass is 391 g/mol. The number of nitrogen functional groups attached to an aromatic ring is 1. The maximum atomic E-state index is 13.4. The van der Waals surface area contributed by atoms with Crippen LogP contribution in [-0.4, -0.2) is 25.8 Å². The summed E-state index contributed by atoms with van der Waals surface area (Å²) in [5.41, 5.74) is 11.2. The van der Waals surface area contributed by atoms with E-state index in [1.54, 1.807) is 29.3 Å². The van der Waals surface area contributed by atoms with Crippen molar-refractivity contribution in [1.29, 1.82) is 0 Å². The smallest absolute Gasteiger partial charge is 0.229 e. The fraction of sp³-hybridized carbons (Fsp3) is 0.273. The maximum absolute atomic E-state index is 13.4. The van der Waals surface area contributed by atoms with Gasteiger partial charge in [-0.2, -0.15) is 0 Å². The van der Waals surface area contributed by atoms with Gasteiger partial charge in [0.15, 0.2) is 0 Å². The lowest BCUT2D eigenvalue weighted by molar-refractivity contribution is -0.131. The van der Waals surface area contributed by atoms with Crippen LogP contribution in [0.15, 0.2) is 36.5 Å². The summed E-state index contributed by atoms with van der Waals surface area (Å²) < 4.78 is 13.4. The Hall–Kier alpha value is -3.35. The molecule has 4 rings (SSSR count). The first-order chi connectivity index (χ1) is 13.9. The van der Waals surface area contributed by atoms with Crippen LogP contribution in [0.4, 0.5) is 10.1 Å². The van der Waals surface area contributed by atoms with E-state index >= 15 is 0 Å². The van der Waals surface area contributed by atoms with Crippen LogP contribution < -0.4 is 5.73 Å². The number of nitrogens with zero attached hydrogens (tertiary/aromatic N) is 4. The predicted molar refractivity (Wildman–Crippen MR) is 108 cm³/mol. The number of aryl methyl sites for hydroxylation is 2. The number of carbonyl (C=O) groups is 1. The second kappa shape index (κ2) is 7.58. The molecule has 0 fully saturated rings. The van der Waals surface area contributed by atoms with Gasteiger partial charge in [0.1, 0.15) is 11.6 Å². The number of carbonyl (C=O) groups excluding carboxylic acids is 1. The van der Waals surface area contributed by atoms with Crippen LogP contribution in [0.25, 0.3) is 11.3 Å². The van der Waals surface area contributed by atoms with Crippen molar-refractivity contribution in [3.63, 3.8) is 0 Å². The first-order valence-electron chi connectivity index (χ1n) is 9.58. The highest BCUT2D eigenvalue weighted by molar-refractivity contribution is 5.81. The molecule has 2 N–H and O–H groups in total. The molecule has 2 aromatic heterocycles. The van der Waals surface area contributed by atoms with Crippen LogP contribution in [0.5, 0.6) is 0 Å². The van der Waals surface area contributed by atoms with Crippen LogP contribution in [0.2, 0.25) is 0 Å². The summed E-state index contributed by atoms with van der Waals surface area (Å²) in [5, 5.41) is 0. The van der Waals surface area contributed by atoms with E-state index in [-0.39, 0.29) is 18.1 Å². The van der Waals surface area contributed by atoms with Crippen molar-refractivity contribution in [3.8, 4) is 11.3 Å². The highest BCUT2D eigenvalue weighted by Crippen LogP contribution is 2.26. The number of fused-ring (bicyclic) bond motifs is 1. The van der Waals surface area contributed by atoms with Gasteiger partial charge < -0.3 is 10.6 Å². The van der Waals surface area contributed by atoms with Crippen molar-refractivity contribution in [3.05, 3.63) is 70.7 Å². The molecule has 0 radical (unpaired) electrons. The standard InChI is InChI=1S/C22H22FN5O/c1-3-21-25-10-14-11-28(12-20(14)27-21)22(29)9-19-17(24)6-7-18(26-19)16-5-4-15(23)8-13(16)2/h4-8,10H,3,9,11-12,24H2,1-2H3. The lowest BCUT2D eigenvalue weighted by Gasteiger charge is -2.16. The zero-order chi connectivity index (χ0) is 20.5. The molecule has 0 unspecified atom stereocenters. The third kappa shape index (κ3) is 3.81. The Bertz CT molecular complexity index is 1100. The largest absolute Gasteiger partial charge is 0.397 e. The number of nitrogens with two attached hydrogens (primary N) is 1. The topological polar surface area (TPSA) is 85.0 Å². The number of halogens is 1. The molecule has 1 aromatic carbocycles. The van der Waals surface area contributed by atoms with Crippen molar-refractivity contribution < 1.29 is 9.18 Å². The Morgan fingerprint density at radius 1 is 1.21 bits per heavy atom. The fourth-order valence-electron chi connectivity index (χ4n) is 3.51. The van der Waals surface area contributed by atoms with Gasteiger partial charge in [0.2, 0.25) is 5.91 Å². The lowest BCUT2D eigenvalue weighted by Crippen LogP contribution is -2.27. The van der Waals surface area contributed by atoms with Gasteiger partial charge in [-0.05, 0) is 42.8 Å². The van der Waals surface area contributed by atoms with E-state index in [0.717, 1.165) is 34.6 Å². The molecule has 0 aliphatic carbocycles. The molecule has 0 spiro atoms. The molecule has 29 heavy (non-hydrogen) atoms. The van der Waals surface area contributed by atoms with Crippen molar-refractivity contribution in [1.82, 2.24) is 19.9 Å². The Morgan fingerprint density at radius 3 is 2.79 bits per heavy atom. The van der Waals surface area contributed by atoms with E-state index in [1.807, 2.05) is 13.8 Å². The Labute approximate surface area is 168 Å². The molecule has 1 aliphatic rings. The molecule has 6 nitrogen and oxygen atoms in total. The maximum Gasteiger partial charge on any atom is 0.229 e. The van der Waals surface area contributed by atoms with Crippen molar-refractivity contribution in [2.24, 2.45) is 0 Å². The van der Waals surface area contributed by atoms with Crippen LogP contribution in [0.1, 0.15) is 35.3 Å². The van der Waals surface area contributed by atoms with Crippen LogP contribution in [0.3, 0.4) is 0 Å². The van der Waals surface area contributed by atoms with Gasteiger partial charge in [0, 0.05) is 30.3 Å². The van der Waals surface area contributed by atoms with Gasteiger partial charge in [-0.1, -0.05) is 6.92 Å². The van der Waals surface area contributed by atoms with Crippen LogP contribution >= 0.6 is 0 Å². The number of aromatic nitrogens is 3. The average molecular weight is 391 g/mol. The van der Waals surface area contributed by atoms with E-state index in [4.69, 9.17) is 5.73 Å². The highest BCUT2D eigenvalue weighted by atomic mass is 19.1. The summed E-state index contributed by atoms with van der Waals surface area (Å²) in [6.07, 6.45) is 2.66. The third-order valence-electron chi connectivity index (χ3n) is 5.17. The summed E-state index contributed by atoms with van der Waals surface area (Å²) in [5.74, 6) is 0.430. The van der Waals surface area contributed by atoms with Gasteiger partial charge in [-0.3, -0.25) is 9.78 Å². The van der Waals surface area contributed by atoms with Gasteiger partial charge in [0.05, 0.1) is 35.7 Å². The SMILES string of the molecule is CCc1ncc2c(n1)CN(C(=O)Cc1nc(-c3ccc(F)cc3C)ccc1N)C2. The number of pyridine rings is 1. The summed E-state index contributed by atoms with van der Waals surface area (Å²) in [6.45, 7) is 4.80. The number of benzene rings is 1. The molecule has 7 heteroatoms. The fourth-order valence-corrected chi connectivity index (χ4v) is 3.51. The van der Waals surface area contributed by atoms with Gasteiger partial charge in [-0.25, -0.2) is 14.4 Å². The van der Waals surface area contributed by atoms with Gasteiger partial charge in [0.25, 0.3) is 0 Å². The van der Waals surface area contributed by atoms with E-state index in [0.29, 0.717) is 30.2 Å². The number of amides is 1. The number of hydrogen-bond donors (Lipinski definition) is 1. The molecule has 3 aromatic rings. The summed E-state index contributed by atoms with van der Waals surface area (Å²) in [4.78, 5) is 28.1. The summed E-state index contributed by atoms with van der Waals surface area (Å²) in [6, 6.07) is 8.09. The van der Waals surface area contributed by atoms with Crippen LogP contribution in [-0.2, 0) is 30.7 Å². The van der Waals surface area contributed by atoms with E-state index in [2.05, 4.69) is 15.0 Å². The molecule has 0 atom stereocenters. The number of anilines is 1. The normalized spacial score (nSPS) is 12.9. The molecule has 0 saturated heterocycles. The third-order valence-corrected chi connectivity index (χ3v) is 5.17. The van der Waals surface area contributed by atoms with E-state index < -0.39 is 0 Å². The van der Waals surface area contributed by atoms with Crippen molar-refractivity contribution >= 4 is 11.6 Å². The minimum atomic E-state index is -0.292. The molecule has 1 amide bonds. The first-order valence-corrected chi connectivity index (χ1v) is 9.58. The number of hydrogen-bond acceptors (Lipinski definition) is 5. The average Bonchev–Trinajstić information content (AvgIpc) is 3.13. The minimum Gasteiger partial charge on any atom is -0.397 e. The Morgan fingerprint density at radius 2 is 2.03 bits per heavy atom. The predicted octanol–water partition coefficient (Wildman–Crippen LogP) is 3.22. The van der Waals surface area contributed by atoms with E-state index in [1.165, 1.54) is 12.1 Å². The molecule has 148 valence electrons. The van der Waals surface area contributed by atoms with E-state index in [9.17, 15) is 9.18 Å². The second-order valence-corrected chi connectivity index (χ2v) is 7.23. The molecule has 0 bridgehead atoms. The summed E-state index contributed by atoms with van der Waals surface area (Å²) >= 11 is 0. The van der Waals surface area contributed by atoms with Crippen molar-refractivity contribution in [2.45, 2.75) is 39.8 Å². The Balaban J connectivity index is 1.54. The summed E-state index contributed by atoms with van der Waals surface area (Å²) in [7, 11) is 0. The molecular weight excluding hydrogens is 369 g/mol. The first kappa shape index (κ1) is 19.0. The van der Waals surface area contributed by atoms with Gasteiger partial charge >= 0.3 is 0 Å². The lowest BCUT2D eigenvalue weighted by atomic mass is 10.0. The van der Waals surface area contributed by atoms with Crippen molar-refractivity contribution in [2.75, 3.05) is 5.73 Å². The zero-order valence-corrected chi connectivity index (χ0v) is 16.4. The minimum absolute atomic E-state index is 0.0618.